The van der Waals surface area contributed by atoms with E-state index in [1.54, 1.807) is 0 Å². The van der Waals surface area contributed by atoms with Crippen LogP contribution in [0.25, 0.3) is 11.1 Å². The highest BCUT2D eigenvalue weighted by atomic mass is 35.5. The van der Waals surface area contributed by atoms with Gasteiger partial charge in [0, 0.05) is 12.1 Å². The summed E-state index contributed by atoms with van der Waals surface area (Å²) in [5, 5.41) is 1.17. The molecule has 0 aliphatic rings. The van der Waals surface area contributed by atoms with E-state index in [0.29, 0.717) is 19.1 Å². The molecule has 0 saturated heterocycles. The Morgan fingerprint density at radius 3 is 2.10 bits per heavy atom. The number of hydrogen-bond donors (Lipinski definition) is 1. The fourth-order valence-corrected chi connectivity index (χ4v) is 2.45. The number of rotatable bonds is 5. The average Bonchev–Trinajstić information content (AvgIpc) is 2.54. The molecule has 0 spiro atoms. The Morgan fingerprint density at radius 2 is 1.62 bits per heavy atom. The zero-order valence-electron chi connectivity index (χ0n) is 15.2. The first kappa shape index (κ1) is 22.7. The Kier molecular flexibility index (Phi) is 6.61. The molecule has 0 bridgehead atoms. The number of esters is 1. The molecule has 0 fully saturated rings. The van der Waals surface area contributed by atoms with E-state index in [4.69, 9.17) is 16.3 Å². The standard InChI is InChI=1S/C17H14ClF6N3O2/c1-6(2)29-16(28)15-26-13(18)12(11-9(20)4-8(19)5-10(11)21)14(27-15)25-7(3)17(22,23)24/h4-7H,1-3H3,(H,25,26,27)/t7-/m0/s1. The molecular weight excluding hydrogens is 428 g/mol. The fourth-order valence-electron chi connectivity index (χ4n) is 2.19. The first-order chi connectivity index (χ1) is 13.3. The Bertz CT molecular complexity index is 913. The third kappa shape index (κ3) is 5.28. The molecular formula is C17H14ClF6N3O2. The topological polar surface area (TPSA) is 64.1 Å². The van der Waals surface area contributed by atoms with E-state index >= 15 is 0 Å². The van der Waals surface area contributed by atoms with Crippen LogP contribution in [0, 0.1) is 17.5 Å². The van der Waals surface area contributed by atoms with Gasteiger partial charge in [-0.15, -0.1) is 0 Å². The lowest BCUT2D eigenvalue weighted by Crippen LogP contribution is -2.34. The third-order valence-corrected chi connectivity index (χ3v) is 3.76. The molecule has 2 aromatic rings. The number of hydrogen-bond acceptors (Lipinski definition) is 5. The zero-order valence-corrected chi connectivity index (χ0v) is 15.9. The number of nitrogens with one attached hydrogen (secondary N) is 1. The number of ether oxygens (including phenoxy) is 1. The molecule has 0 saturated carbocycles. The van der Waals surface area contributed by atoms with Crippen LogP contribution in [0.1, 0.15) is 31.4 Å². The number of anilines is 1. The summed E-state index contributed by atoms with van der Waals surface area (Å²) >= 11 is 5.92. The van der Waals surface area contributed by atoms with E-state index in [2.05, 4.69) is 9.97 Å². The van der Waals surface area contributed by atoms with Crippen molar-refractivity contribution in [2.45, 2.75) is 39.1 Å². The molecule has 29 heavy (non-hydrogen) atoms. The van der Waals surface area contributed by atoms with Gasteiger partial charge in [0.15, 0.2) is 0 Å². The van der Waals surface area contributed by atoms with Gasteiger partial charge < -0.3 is 10.1 Å². The van der Waals surface area contributed by atoms with Crippen LogP contribution >= 0.6 is 11.6 Å². The highest BCUT2D eigenvalue weighted by molar-refractivity contribution is 6.33. The van der Waals surface area contributed by atoms with Gasteiger partial charge in [0.1, 0.15) is 34.5 Å². The van der Waals surface area contributed by atoms with E-state index in [9.17, 15) is 31.1 Å². The van der Waals surface area contributed by atoms with Crippen molar-refractivity contribution in [1.29, 1.82) is 0 Å². The minimum atomic E-state index is -4.77. The number of aromatic nitrogens is 2. The molecule has 0 aliphatic heterocycles. The minimum Gasteiger partial charge on any atom is -0.457 e. The maximum absolute atomic E-state index is 14.2. The number of carbonyl (C=O) groups is 1. The molecule has 0 unspecified atom stereocenters. The van der Waals surface area contributed by atoms with Crippen LogP contribution in [-0.2, 0) is 4.74 Å². The van der Waals surface area contributed by atoms with Gasteiger partial charge in [-0.1, -0.05) is 11.6 Å². The highest BCUT2D eigenvalue weighted by Crippen LogP contribution is 2.38. The van der Waals surface area contributed by atoms with Gasteiger partial charge >= 0.3 is 12.1 Å². The first-order valence-corrected chi connectivity index (χ1v) is 8.45. The lowest BCUT2D eigenvalue weighted by molar-refractivity contribution is -0.138. The van der Waals surface area contributed by atoms with Crippen molar-refractivity contribution < 1.29 is 35.9 Å². The molecule has 0 radical (unpaired) electrons. The van der Waals surface area contributed by atoms with Gasteiger partial charge in [-0.25, -0.2) is 27.9 Å². The largest absolute Gasteiger partial charge is 0.457 e. The Labute approximate surface area is 166 Å². The third-order valence-electron chi connectivity index (χ3n) is 3.49. The number of benzene rings is 1. The summed E-state index contributed by atoms with van der Waals surface area (Å²) in [6.07, 6.45) is -5.38. The van der Waals surface area contributed by atoms with Crippen LogP contribution in [0.3, 0.4) is 0 Å². The molecule has 158 valence electrons. The predicted molar refractivity (Wildman–Crippen MR) is 92.0 cm³/mol. The molecule has 2 rings (SSSR count). The maximum atomic E-state index is 14.2. The molecule has 1 N–H and O–H groups in total. The number of nitrogens with zero attached hydrogens (tertiary/aromatic N) is 2. The van der Waals surface area contributed by atoms with E-state index < -0.39 is 69.7 Å². The van der Waals surface area contributed by atoms with Crippen LogP contribution in [0.5, 0.6) is 0 Å². The van der Waals surface area contributed by atoms with E-state index in [1.165, 1.54) is 13.8 Å². The van der Waals surface area contributed by atoms with Gasteiger partial charge in [0.05, 0.1) is 17.2 Å². The molecule has 0 amide bonds. The fraction of sp³-hybridized carbons (Fsp3) is 0.353. The lowest BCUT2D eigenvalue weighted by Gasteiger charge is -2.21. The normalized spacial score (nSPS) is 12.8. The molecule has 12 heteroatoms. The second kappa shape index (κ2) is 8.44. The van der Waals surface area contributed by atoms with Crippen molar-refractivity contribution in [3.05, 3.63) is 40.6 Å². The SMILES string of the molecule is CC(C)OC(=O)c1nc(Cl)c(-c2c(F)cc(F)cc2F)c(N[C@@H](C)C(F)(F)F)n1. The Balaban J connectivity index is 2.71. The molecule has 1 atom stereocenters. The number of alkyl halides is 3. The summed E-state index contributed by atoms with van der Waals surface area (Å²) in [6, 6.07) is -1.62. The van der Waals surface area contributed by atoms with Gasteiger partial charge in [-0.05, 0) is 20.8 Å². The monoisotopic (exact) mass is 441 g/mol. The molecule has 1 aromatic heterocycles. The van der Waals surface area contributed by atoms with Crippen molar-refractivity contribution in [2.24, 2.45) is 0 Å². The summed E-state index contributed by atoms with van der Waals surface area (Å²) in [7, 11) is 0. The van der Waals surface area contributed by atoms with Crippen molar-refractivity contribution in [3.8, 4) is 11.1 Å². The second-order valence-electron chi connectivity index (χ2n) is 6.17. The van der Waals surface area contributed by atoms with E-state index in [-0.39, 0.29) is 0 Å². The first-order valence-electron chi connectivity index (χ1n) is 8.08. The van der Waals surface area contributed by atoms with Crippen LogP contribution in [0.15, 0.2) is 12.1 Å². The van der Waals surface area contributed by atoms with Gasteiger partial charge in [0.2, 0.25) is 5.82 Å². The zero-order chi connectivity index (χ0) is 22.1. The van der Waals surface area contributed by atoms with Crippen LogP contribution in [-0.4, -0.2) is 34.3 Å². The summed E-state index contributed by atoms with van der Waals surface area (Å²) < 4.78 is 85.5. The Morgan fingerprint density at radius 1 is 1.07 bits per heavy atom. The van der Waals surface area contributed by atoms with Crippen LogP contribution in [0.4, 0.5) is 32.2 Å². The molecule has 1 aromatic carbocycles. The highest BCUT2D eigenvalue weighted by Gasteiger charge is 2.37. The second-order valence-corrected chi connectivity index (χ2v) is 6.53. The summed E-state index contributed by atoms with van der Waals surface area (Å²) in [5.41, 5.74) is -1.67. The number of carbonyl (C=O) groups excluding carboxylic acids is 1. The van der Waals surface area contributed by atoms with Crippen LogP contribution < -0.4 is 5.32 Å². The van der Waals surface area contributed by atoms with Gasteiger partial charge in [-0.2, -0.15) is 13.2 Å². The van der Waals surface area contributed by atoms with Crippen molar-refractivity contribution in [2.75, 3.05) is 5.32 Å². The quantitative estimate of drug-likeness (QED) is 0.395. The van der Waals surface area contributed by atoms with Crippen LogP contribution in [0.2, 0.25) is 5.15 Å². The van der Waals surface area contributed by atoms with Gasteiger partial charge in [-0.3, -0.25) is 0 Å². The van der Waals surface area contributed by atoms with Gasteiger partial charge in [0.25, 0.3) is 0 Å². The van der Waals surface area contributed by atoms with Crippen molar-refractivity contribution in [1.82, 2.24) is 9.97 Å². The molecule has 1 heterocycles. The summed E-state index contributed by atoms with van der Waals surface area (Å²) in [5.74, 6) is -6.78. The smallest absolute Gasteiger partial charge is 0.408 e. The van der Waals surface area contributed by atoms with E-state index in [1.807, 2.05) is 5.32 Å². The summed E-state index contributed by atoms with van der Waals surface area (Å²) in [4.78, 5) is 19.2. The summed E-state index contributed by atoms with van der Waals surface area (Å²) in [6.45, 7) is 3.72. The Hall–Kier alpha value is -2.56. The lowest BCUT2D eigenvalue weighted by atomic mass is 10.1. The van der Waals surface area contributed by atoms with E-state index in [0.717, 1.165) is 0 Å². The molecule has 5 nitrogen and oxygen atoms in total. The average molecular weight is 442 g/mol. The predicted octanol–water partition coefficient (Wildman–Crippen LogP) is 5.14. The minimum absolute atomic E-state index is 0.312. The molecule has 0 aliphatic carbocycles. The number of halogens is 7. The van der Waals surface area contributed by atoms with Crippen molar-refractivity contribution >= 4 is 23.4 Å². The van der Waals surface area contributed by atoms with Crippen molar-refractivity contribution in [3.63, 3.8) is 0 Å². The maximum Gasteiger partial charge on any atom is 0.408 e.